The number of hydrogen-bond acceptors (Lipinski definition) is 1. The molecule has 112 valence electrons. The van der Waals surface area contributed by atoms with Crippen LogP contribution in [0.1, 0.15) is 39.4 Å². The van der Waals surface area contributed by atoms with Crippen molar-refractivity contribution in [3.05, 3.63) is 67.1 Å². The van der Waals surface area contributed by atoms with E-state index >= 15 is 0 Å². The smallest absolute Gasteiger partial charge is 0.0594 e. The van der Waals surface area contributed by atoms with E-state index in [-0.39, 0.29) is 6.04 Å². The molecule has 0 aliphatic heterocycles. The maximum absolute atomic E-state index is 6.44. The van der Waals surface area contributed by atoms with Crippen molar-refractivity contribution in [1.82, 2.24) is 5.32 Å². The highest BCUT2D eigenvalue weighted by molar-refractivity contribution is 9.10. The van der Waals surface area contributed by atoms with Gasteiger partial charge in [-0.05, 0) is 86.3 Å². The molecule has 0 aliphatic rings. The Morgan fingerprint density at radius 3 is 2.10 bits per heavy atom. The molecule has 0 saturated heterocycles. The van der Waals surface area contributed by atoms with Gasteiger partial charge in [0.1, 0.15) is 0 Å². The fraction of sp³-hybridized carbons (Fsp3) is 0.333. The molecule has 1 unspecified atom stereocenters. The molecular weight excluding hydrogens is 346 g/mol. The SMILES string of the molecule is CNC(c1cc(Br)ccc1Cl)c1c(C)c(C)cc(C)c1C. The van der Waals surface area contributed by atoms with Gasteiger partial charge >= 0.3 is 0 Å². The molecule has 0 saturated carbocycles. The van der Waals surface area contributed by atoms with Crippen LogP contribution in [0.4, 0.5) is 0 Å². The lowest BCUT2D eigenvalue weighted by Gasteiger charge is -2.25. The molecule has 21 heavy (non-hydrogen) atoms. The zero-order chi connectivity index (χ0) is 15.7. The van der Waals surface area contributed by atoms with E-state index < -0.39 is 0 Å². The summed E-state index contributed by atoms with van der Waals surface area (Å²) in [5.74, 6) is 0. The summed E-state index contributed by atoms with van der Waals surface area (Å²) in [6.07, 6.45) is 0. The summed E-state index contributed by atoms with van der Waals surface area (Å²) in [6.45, 7) is 8.71. The summed E-state index contributed by atoms with van der Waals surface area (Å²) in [5, 5.41) is 4.22. The Bertz CT molecular complexity index is 653. The number of rotatable bonds is 3. The van der Waals surface area contributed by atoms with Crippen molar-refractivity contribution in [1.29, 1.82) is 0 Å². The zero-order valence-electron chi connectivity index (χ0n) is 13.1. The van der Waals surface area contributed by atoms with Crippen LogP contribution in [0.15, 0.2) is 28.7 Å². The molecule has 0 heterocycles. The summed E-state index contributed by atoms with van der Waals surface area (Å²) in [4.78, 5) is 0. The first-order chi connectivity index (χ1) is 9.86. The summed E-state index contributed by atoms with van der Waals surface area (Å²) in [7, 11) is 1.98. The first-order valence-corrected chi connectivity index (χ1v) is 8.23. The molecule has 3 heteroatoms. The van der Waals surface area contributed by atoms with E-state index in [0.717, 1.165) is 15.1 Å². The van der Waals surface area contributed by atoms with Crippen LogP contribution in [0.2, 0.25) is 5.02 Å². The highest BCUT2D eigenvalue weighted by Gasteiger charge is 2.21. The quantitative estimate of drug-likeness (QED) is 0.740. The van der Waals surface area contributed by atoms with Gasteiger partial charge in [0.25, 0.3) is 0 Å². The molecule has 0 aromatic heterocycles. The lowest BCUT2D eigenvalue weighted by atomic mass is 9.87. The number of hydrogen-bond donors (Lipinski definition) is 1. The van der Waals surface area contributed by atoms with Crippen LogP contribution in [0.5, 0.6) is 0 Å². The predicted octanol–water partition coefficient (Wildman–Crippen LogP) is 5.64. The molecule has 0 spiro atoms. The Morgan fingerprint density at radius 2 is 1.57 bits per heavy atom. The molecule has 1 N–H and O–H groups in total. The molecule has 1 atom stereocenters. The highest BCUT2D eigenvalue weighted by Crippen LogP contribution is 2.35. The third-order valence-electron chi connectivity index (χ3n) is 4.27. The lowest BCUT2D eigenvalue weighted by molar-refractivity contribution is 0.681. The second-order valence-corrected chi connectivity index (χ2v) is 6.88. The topological polar surface area (TPSA) is 12.0 Å². The standard InChI is InChI=1S/C18H21BrClN/c1-10-8-11(2)13(4)17(12(10)3)18(21-5)15-9-14(19)6-7-16(15)20/h6-9,18,21H,1-5H3. The third kappa shape index (κ3) is 3.18. The van der Waals surface area contributed by atoms with Crippen LogP contribution in [-0.4, -0.2) is 7.05 Å². The van der Waals surface area contributed by atoms with Crippen LogP contribution in [0.3, 0.4) is 0 Å². The van der Waals surface area contributed by atoms with Gasteiger partial charge in [-0.25, -0.2) is 0 Å². The Kier molecular flexibility index (Phi) is 5.13. The van der Waals surface area contributed by atoms with E-state index in [1.54, 1.807) is 0 Å². The third-order valence-corrected chi connectivity index (χ3v) is 5.11. The maximum atomic E-state index is 6.44. The van der Waals surface area contributed by atoms with Crippen LogP contribution >= 0.6 is 27.5 Å². The van der Waals surface area contributed by atoms with Gasteiger partial charge in [-0.3, -0.25) is 0 Å². The van der Waals surface area contributed by atoms with E-state index in [2.05, 4.69) is 61.1 Å². The van der Waals surface area contributed by atoms with Crippen molar-refractivity contribution in [2.45, 2.75) is 33.7 Å². The molecule has 2 rings (SSSR count). The number of nitrogens with one attached hydrogen (secondary N) is 1. The van der Waals surface area contributed by atoms with E-state index in [1.807, 2.05) is 19.2 Å². The summed E-state index contributed by atoms with van der Waals surface area (Å²) in [5.41, 5.74) is 7.72. The molecular formula is C18H21BrClN. The average Bonchev–Trinajstić information content (AvgIpc) is 2.44. The largest absolute Gasteiger partial charge is 0.309 e. The van der Waals surface area contributed by atoms with Gasteiger partial charge in [0.2, 0.25) is 0 Å². The van der Waals surface area contributed by atoms with Gasteiger partial charge in [0.15, 0.2) is 0 Å². The second-order valence-electron chi connectivity index (χ2n) is 5.56. The lowest BCUT2D eigenvalue weighted by Crippen LogP contribution is -2.21. The van der Waals surface area contributed by atoms with Crippen molar-refractivity contribution < 1.29 is 0 Å². The van der Waals surface area contributed by atoms with Gasteiger partial charge < -0.3 is 5.32 Å². The second kappa shape index (κ2) is 6.51. The first kappa shape index (κ1) is 16.5. The van der Waals surface area contributed by atoms with Crippen molar-refractivity contribution in [3.8, 4) is 0 Å². The van der Waals surface area contributed by atoms with Crippen molar-refractivity contribution >= 4 is 27.5 Å². The molecule has 2 aromatic carbocycles. The molecule has 1 nitrogen and oxygen atoms in total. The fourth-order valence-electron chi connectivity index (χ4n) is 2.87. The average molecular weight is 367 g/mol. The summed E-state index contributed by atoms with van der Waals surface area (Å²) in [6, 6.07) is 8.36. The van der Waals surface area contributed by atoms with E-state index in [0.29, 0.717) is 0 Å². The fourth-order valence-corrected chi connectivity index (χ4v) is 3.48. The molecule has 0 fully saturated rings. The first-order valence-electron chi connectivity index (χ1n) is 7.06. The van der Waals surface area contributed by atoms with E-state index in [9.17, 15) is 0 Å². The zero-order valence-corrected chi connectivity index (χ0v) is 15.5. The number of aryl methyl sites for hydroxylation is 2. The Labute approximate surface area is 140 Å². The van der Waals surface area contributed by atoms with Crippen LogP contribution < -0.4 is 5.32 Å². The highest BCUT2D eigenvalue weighted by atomic mass is 79.9. The van der Waals surface area contributed by atoms with Gasteiger partial charge in [-0.2, -0.15) is 0 Å². The van der Waals surface area contributed by atoms with Crippen LogP contribution in [-0.2, 0) is 0 Å². The molecule has 0 bridgehead atoms. The molecule has 0 amide bonds. The summed E-state index contributed by atoms with van der Waals surface area (Å²) < 4.78 is 1.04. The van der Waals surface area contributed by atoms with Crippen molar-refractivity contribution in [3.63, 3.8) is 0 Å². The number of benzene rings is 2. The van der Waals surface area contributed by atoms with Crippen molar-refractivity contribution in [2.24, 2.45) is 0 Å². The summed E-state index contributed by atoms with van der Waals surface area (Å²) >= 11 is 9.99. The van der Waals surface area contributed by atoms with Gasteiger partial charge in [0, 0.05) is 9.50 Å². The minimum absolute atomic E-state index is 0.0913. The number of halogens is 2. The molecule has 2 aromatic rings. The Morgan fingerprint density at radius 1 is 1.00 bits per heavy atom. The van der Waals surface area contributed by atoms with Gasteiger partial charge in [-0.15, -0.1) is 0 Å². The van der Waals surface area contributed by atoms with Gasteiger partial charge in [-0.1, -0.05) is 33.6 Å². The van der Waals surface area contributed by atoms with Crippen LogP contribution in [0, 0.1) is 27.7 Å². The maximum Gasteiger partial charge on any atom is 0.0594 e. The monoisotopic (exact) mass is 365 g/mol. The van der Waals surface area contributed by atoms with Crippen molar-refractivity contribution in [2.75, 3.05) is 7.05 Å². The normalized spacial score (nSPS) is 12.5. The van der Waals surface area contributed by atoms with E-state index in [1.165, 1.54) is 27.8 Å². The molecule has 0 radical (unpaired) electrons. The van der Waals surface area contributed by atoms with Crippen LogP contribution in [0.25, 0.3) is 0 Å². The molecule has 0 aliphatic carbocycles. The minimum atomic E-state index is 0.0913. The minimum Gasteiger partial charge on any atom is -0.309 e. The Balaban J connectivity index is 2.70. The Hall–Kier alpha value is -0.830. The predicted molar refractivity (Wildman–Crippen MR) is 95.4 cm³/mol. The van der Waals surface area contributed by atoms with Gasteiger partial charge in [0.05, 0.1) is 6.04 Å². The van der Waals surface area contributed by atoms with E-state index in [4.69, 9.17) is 11.6 Å².